The smallest absolute Gasteiger partial charge is 0.338 e. The number of carboxylic acid groups (broad SMARTS) is 1. The number of fused-ring (bicyclic) bond motifs is 1. The minimum Gasteiger partial charge on any atom is -0.478 e. The molecule has 0 fully saturated rings. The van der Waals surface area contributed by atoms with E-state index >= 15 is 0 Å². The summed E-state index contributed by atoms with van der Waals surface area (Å²) in [5.41, 5.74) is 1.78. The van der Waals surface area contributed by atoms with Gasteiger partial charge >= 0.3 is 5.97 Å². The first-order valence-electron chi connectivity index (χ1n) is 5.59. The van der Waals surface area contributed by atoms with E-state index in [0.29, 0.717) is 17.0 Å². The Hall–Kier alpha value is -1.73. The molecule has 0 spiro atoms. The summed E-state index contributed by atoms with van der Waals surface area (Å²) >= 11 is 6.86. The number of imidazole rings is 1. The molecule has 0 radical (unpaired) electrons. The van der Waals surface area contributed by atoms with E-state index in [4.69, 9.17) is 5.11 Å². The van der Waals surface area contributed by atoms with Crippen LogP contribution >= 0.6 is 31.9 Å². The van der Waals surface area contributed by atoms with E-state index in [1.165, 1.54) is 12.3 Å². The third-order valence-electron chi connectivity index (χ3n) is 2.81. The molecule has 0 bridgehead atoms. The number of nitrogens with one attached hydrogen (secondary N) is 1. The molecule has 0 atom stereocenters. The van der Waals surface area contributed by atoms with Crippen LogP contribution < -0.4 is 0 Å². The normalized spacial score (nSPS) is 10.9. The van der Waals surface area contributed by atoms with Crippen molar-refractivity contribution in [3.8, 4) is 11.4 Å². The lowest BCUT2D eigenvalue weighted by molar-refractivity contribution is 0.0699. The quantitative estimate of drug-likeness (QED) is 0.689. The van der Waals surface area contributed by atoms with Crippen LogP contribution in [0, 0.1) is 0 Å². The summed E-state index contributed by atoms with van der Waals surface area (Å²) in [5, 5.41) is 9.17. The standard InChI is InChI=1S/C13H7Br2N3O2/c14-6-1-2-9(15)8(5-6)11-17-10-7(13(19)20)3-4-16-12(10)18-11/h1-5H,(H,19,20)(H,16,17,18). The molecule has 0 aliphatic rings. The van der Waals surface area contributed by atoms with Gasteiger partial charge in [0.15, 0.2) is 5.65 Å². The maximum Gasteiger partial charge on any atom is 0.338 e. The van der Waals surface area contributed by atoms with Gasteiger partial charge in [0, 0.05) is 20.7 Å². The third kappa shape index (κ3) is 2.23. The largest absolute Gasteiger partial charge is 0.478 e. The summed E-state index contributed by atoms with van der Waals surface area (Å²) in [6.45, 7) is 0. The van der Waals surface area contributed by atoms with E-state index in [0.717, 1.165) is 14.5 Å². The maximum absolute atomic E-state index is 11.2. The second-order valence-corrected chi connectivity index (χ2v) is 5.84. The molecule has 3 rings (SSSR count). The number of H-pyrrole nitrogens is 1. The number of benzene rings is 1. The van der Waals surface area contributed by atoms with Crippen LogP contribution in [0.2, 0.25) is 0 Å². The van der Waals surface area contributed by atoms with E-state index in [1.54, 1.807) is 0 Å². The zero-order chi connectivity index (χ0) is 14.3. The van der Waals surface area contributed by atoms with Crippen LogP contribution in [0.4, 0.5) is 0 Å². The van der Waals surface area contributed by atoms with Crippen LogP contribution in [0.5, 0.6) is 0 Å². The molecule has 0 aliphatic carbocycles. The molecule has 1 aromatic carbocycles. The molecule has 2 N–H and O–H groups in total. The van der Waals surface area contributed by atoms with Gasteiger partial charge in [0.1, 0.15) is 5.82 Å². The van der Waals surface area contributed by atoms with Gasteiger partial charge in [-0.25, -0.2) is 14.8 Å². The predicted molar refractivity (Wildman–Crippen MR) is 81.7 cm³/mol. The first-order valence-corrected chi connectivity index (χ1v) is 7.18. The number of aromatic carboxylic acids is 1. The summed E-state index contributed by atoms with van der Waals surface area (Å²) in [6.07, 6.45) is 1.44. The van der Waals surface area contributed by atoms with Crippen molar-refractivity contribution in [1.29, 1.82) is 0 Å². The van der Waals surface area contributed by atoms with Crippen molar-refractivity contribution in [3.05, 3.63) is 45.0 Å². The summed E-state index contributed by atoms with van der Waals surface area (Å²) in [6, 6.07) is 7.13. The summed E-state index contributed by atoms with van der Waals surface area (Å²) in [4.78, 5) is 22.7. The first kappa shape index (κ1) is 13.3. The third-order valence-corrected chi connectivity index (χ3v) is 3.99. The van der Waals surface area contributed by atoms with Gasteiger partial charge in [-0.05, 0) is 24.3 Å². The number of halogens is 2. The van der Waals surface area contributed by atoms with Crippen molar-refractivity contribution in [1.82, 2.24) is 15.0 Å². The van der Waals surface area contributed by atoms with Gasteiger partial charge in [-0.3, -0.25) is 0 Å². The molecule has 5 nitrogen and oxygen atoms in total. The Labute approximate surface area is 130 Å². The number of aromatic nitrogens is 3. The van der Waals surface area contributed by atoms with Crippen molar-refractivity contribution >= 4 is 49.0 Å². The van der Waals surface area contributed by atoms with Gasteiger partial charge in [-0.15, -0.1) is 0 Å². The number of carboxylic acids is 1. The van der Waals surface area contributed by atoms with Crippen molar-refractivity contribution in [2.45, 2.75) is 0 Å². The molecule has 100 valence electrons. The van der Waals surface area contributed by atoms with Crippen LogP contribution in [-0.4, -0.2) is 26.0 Å². The van der Waals surface area contributed by atoms with Gasteiger partial charge in [0.25, 0.3) is 0 Å². The minimum atomic E-state index is -1.01. The van der Waals surface area contributed by atoms with Gasteiger partial charge in [0.2, 0.25) is 0 Å². The number of carbonyl (C=O) groups is 1. The van der Waals surface area contributed by atoms with Crippen LogP contribution in [0.1, 0.15) is 10.4 Å². The van der Waals surface area contributed by atoms with E-state index in [1.807, 2.05) is 18.2 Å². The molecule has 0 saturated heterocycles. The highest BCUT2D eigenvalue weighted by Crippen LogP contribution is 2.30. The highest BCUT2D eigenvalue weighted by Gasteiger charge is 2.15. The fourth-order valence-electron chi connectivity index (χ4n) is 1.90. The lowest BCUT2D eigenvalue weighted by atomic mass is 10.2. The Kier molecular flexibility index (Phi) is 3.31. The molecule has 2 aromatic heterocycles. The zero-order valence-electron chi connectivity index (χ0n) is 9.89. The second kappa shape index (κ2) is 4.99. The van der Waals surface area contributed by atoms with Crippen molar-refractivity contribution in [3.63, 3.8) is 0 Å². The van der Waals surface area contributed by atoms with Crippen LogP contribution in [0.15, 0.2) is 39.4 Å². The number of rotatable bonds is 2. The topological polar surface area (TPSA) is 78.9 Å². The van der Waals surface area contributed by atoms with Crippen LogP contribution in [-0.2, 0) is 0 Å². The molecule has 0 unspecified atom stereocenters. The number of hydrogen-bond acceptors (Lipinski definition) is 3. The number of pyridine rings is 1. The molecule has 0 saturated carbocycles. The minimum absolute atomic E-state index is 0.153. The second-order valence-electron chi connectivity index (χ2n) is 4.07. The zero-order valence-corrected chi connectivity index (χ0v) is 13.1. The molecule has 2 heterocycles. The number of nitrogens with zero attached hydrogens (tertiary/aromatic N) is 2. The Morgan fingerprint density at radius 2 is 2.05 bits per heavy atom. The monoisotopic (exact) mass is 395 g/mol. The summed E-state index contributed by atoms with van der Waals surface area (Å²) in [5.74, 6) is -0.449. The van der Waals surface area contributed by atoms with E-state index in [2.05, 4.69) is 46.8 Å². The molecule has 20 heavy (non-hydrogen) atoms. The maximum atomic E-state index is 11.2. The average Bonchev–Trinajstić information content (AvgIpc) is 2.84. The Morgan fingerprint density at radius 1 is 1.25 bits per heavy atom. The van der Waals surface area contributed by atoms with Gasteiger partial charge < -0.3 is 10.1 Å². The van der Waals surface area contributed by atoms with E-state index in [9.17, 15) is 4.79 Å². The Bertz CT molecular complexity index is 830. The van der Waals surface area contributed by atoms with Crippen molar-refractivity contribution < 1.29 is 9.90 Å². The molecule has 7 heteroatoms. The van der Waals surface area contributed by atoms with Crippen molar-refractivity contribution in [2.75, 3.05) is 0 Å². The lowest BCUT2D eigenvalue weighted by Crippen LogP contribution is -1.97. The SMILES string of the molecule is O=C(O)c1ccnc2nc(-c3cc(Br)ccc3Br)[nH]c12. The number of aromatic amines is 1. The lowest BCUT2D eigenvalue weighted by Gasteiger charge is -2.01. The Morgan fingerprint density at radius 3 is 2.80 bits per heavy atom. The predicted octanol–water partition coefficient (Wildman–Crippen LogP) is 3.85. The summed E-state index contributed by atoms with van der Waals surface area (Å²) < 4.78 is 1.76. The molecule has 3 aromatic rings. The van der Waals surface area contributed by atoms with E-state index in [-0.39, 0.29) is 5.56 Å². The Balaban J connectivity index is 2.26. The number of hydrogen-bond donors (Lipinski definition) is 2. The van der Waals surface area contributed by atoms with Crippen molar-refractivity contribution in [2.24, 2.45) is 0 Å². The highest BCUT2D eigenvalue weighted by molar-refractivity contribution is 9.11. The summed E-state index contributed by atoms with van der Waals surface area (Å²) in [7, 11) is 0. The fraction of sp³-hybridized carbons (Fsp3) is 0. The molecular weight excluding hydrogens is 390 g/mol. The molecular formula is C13H7Br2N3O2. The molecule has 0 amide bonds. The average molecular weight is 397 g/mol. The van der Waals surface area contributed by atoms with Gasteiger partial charge in [0.05, 0.1) is 11.1 Å². The van der Waals surface area contributed by atoms with Gasteiger partial charge in [-0.1, -0.05) is 31.9 Å². The first-order chi connectivity index (χ1) is 9.56. The fourth-order valence-corrected chi connectivity index (χ4v) is 2.69. The van der Waals surface area contributed by atoms with Crippen LogP contribution in [0.25, 0.3) is 22.6 Å². The highest BCUT2D eigenvalue weighted by atomic mass is 79.9. The van der Waals surface area contributed by atoms with Gasteiger partial charge in [-0.2, -0.15) is 0 Å². The van der Waals surface area contributed by atoms with Crippen LogP contribution in [0.3, 0.4) is 0 Å². The van der Waals surface area contributed by atoms with E-state index < -0.39 is 5.97 Å². The molecule has 0 aliphatic heterocycles.